The maximum absolute atomic E-state index is 15.6. The number of halogens is 3. The average molecular weight is 667 g/mol. The normalized spacial score (nSPS) is 13.9. The summed E-state index contributed by atoms with van der Waals surface area (Å²) in [5.74, 6) is 3.46. The van der Waals surface area contributed by atoms with Gasteiger partial charge in [0, 0.05) is 35.8 Å². The van der Waals surface area contributed by atoms with Crippen molar-refractivity contribution in [2.24, 2.45) is 0 Å². The van der Waals surface area contributed by atoms with Crippen molar-refractivity contribution in [3.8, 4) is 29.0 Å². The van der Waals surface area contributed by atoms with E-state index in [9.17, 15) is 14.3 Å². The summed E-state index contributed by atoms with van der Waals surface area (Å²) in [5.41, 5.74) is 3.82. The number of carboxylic acids is 1. The molecule has 3 aromatic heterocycles. The number of aromatic nitrogens is 4. The molecule has 0 aliphatic carbocycles. The molecule has 1 fully saturated rings. The van der Waals surface area contributed by atoms with Crippen molar-refractivity contribution in [1.29, 1.82) is 0 Å². The molecular formula is C36H25F3N4O4S. The fraction of sp³-hybridized carbons (Fsp3) is 0.167. The Hall–Kier alpha value is -5.51. The van der Waals surface area contributed by atoms with Gasteiger partial charge in [-0.05, 0) is 66.4 Å². The molecule has 48 heavy (non-hydrogen) atoms. The van der Waals surface area contributed by atoms with Crippen molar-refractivity contribution >= 4 is 28.3 Å². The molecule has 4 heterocycles. The number of hydrogen-bond donors (Lipinski definition) is 1. The number of fused-ring (bicyclic) bond motifs is 1. The molecule has 1 aliphatic heterocycles. The van der Waals surface area contributed by atoms with Crippen LogP contribution in [0.5, 0.6) is 5.88 Å². The summed E-state index contributed by atoms with van der Waals surface area (Å²) in [5, 5.41) is 9.49. The minimum absolute atomic E-state index is 0.0371. The van der Waals surface area contributed by atoms with E-state index < -0.39 is 23.4 Å². The Labute approximate surface area is 276 Å². The number of hydrogen-bond acceptors (Lipinski definition) is 7. The second-order valence-electron chi connectivity index (χ2n) is 11.1. The van der Waals surface area contributed by atoms with Crippen molar-refractivity contribution in [3.05, 3.63) is 129 Å². The van der Waals surface area contributed by atoms with E-state index in [0.717, 1.165) is 23.4 Å². The van der Waals surface area contributed by atoms with E-state index in [1.165, 1.54) is 35.6 Å². The first kappa shape index (κ1) is 31.1. The first-order chi connectivity index (χ1) is 23.3. The van der Waals surface area contributed by atoms with Gasteiger partial charge in [0.05, 0.1) is 51.5 Å². The van der Waals surface area contributed by atoms with Crippen LogP contribution in [-0.4, -0.2) is 43.3 Å². The Morgan fingerprint density at radius 3 is 2.60 bits per heavy atom. The van der Waals surface area contributed by atoms with Gasteiger partial charge in [0.1, 0.15) is 29.9 Å². The summed E-state index contributed by atoms with van der Waals surface area (Å²) in [7, 11) is 0. The molecule has 0 bridgehead atoms. The number of benzene rings is 3. The molecule has 1 saturated heterocycles. The van der Waals surface area contributed by atoms with Crippen molar-refractivity contribution in [2.75, 3.05) is 6.61 Å². The minimum atomic E-state index is -1.08. The molecule has 0 spiro atoms. The number of pyridine rings is 1. The van der Waals surface area contributed by atoms with Gasteiger partial charge >= 0.3 is 5.97 Å². The first-order valence-corrected chi connectivity index (χ1v) is 15.8. The van der Waals surface area contributed by atoms with Crippen LogP contribution in [-0.2, 0) is 24.3 Å². The summed E-state index contributed by atoms with van der Waals surface area (Å²) in [6.07, 6.45) is 2.35. The fourth-order valence-corrected chi connectivity index (χ4v) is 5.78. The van der Waals surface area contributed by atoms with E-state index in [2.05, 4.69) is 26.8 Å². The van der Waals surface area contributed by atoms with Crippen molar-refractivity contribution in [3.63, 3.8) is 0 Å². The van der Waals surface area contributed by atoms with Crippen molar-refractivity contribution in [2.45, 2.75) is 32.1 Å². The third-order valence-corrected chi connectivity index (χ3v) is 8.62. The highest BCUT2D eigenvalue weighted by Crippen LogP contribution is 2.29. The fourth-order valence-electron chi connectivity index (χ4n) is 5.32. The molecule has 1 N–H and O–H groups in total. The van der Waals surface area contributed by atoms with Crippen LogP contribution >= 0.6 is 11.3 Å². The van der Waals surface area contributed by atoms with E-state index >= 15 is 8.78 Å². The largest absolute Gasteiger partial charge is 0.478 e. The molecule has 1 atom stereocenters. The Bertz CT molecular complexity index is 2220. The van der Waals surface area contributed by atoms with Crippen molar-refractivity contribution in [1.82, 2.24) is 19.5 Å². The molecule has 0 amide bonds. The molecule has 6 aromatic rings. The summed E-state index contributed by atoms with van der Waals surface area (Å²) in [4.78, 5) is 25.3. The maximum atomic E-state index is 15.6. The summed E-state index contributed by atoms with van der Waals surface area (Å²) >= 11 is 1.39. The van der Waals surface area contributed by atoms with E-state index in [1.807, 2.05) is 4.57 Å². The zero-order valence-electron chi connectivity index (χ0n) is 25.1. The van der Waals surface area contributed by atoms with Gasteiger partial charge in [0.25, 0.3) is 0 Å². The first-order valence-electron chi connectivity index (χ1n) is 14.9. The van der Waals surface area contributed by atoms with Gasteiger partial charge in [-0.15, -0.1) is 11.3 Å². The summed E-state index contributed by atoms with van der Waals surface area (Å²) < 4.78 is 59.0. The molecule has 0 radical (unpaired) electrons. The second kappa shape index (κ2) is 13.3. The summed E-state index contributed by atoms with van der Waals surface area (Å²) in [6.45, 7) is 0.897. The molecule has 1 unspecified atom stereocenters. The zero-order valence-corrected chi connectivity index (χ0v) is 25.9. The van der Waals surface area contributed by atoms with Crippen LogP contribution in [0.25, 0.3) is 22.3 Å². The monoisotopic (exact) mass is 666 g/mol. The predicted molar refractivity (Wildman–Crippen MR) is 172 cm³/mol. The third-order valence-electron chi connectivity index (χ3n) is 7.93. The lowest BCUT2D eigenvalue weighted by atomic mass is 10.0. The van der Waals surface area contributed by atoms with E-state index in [-0.39, 0.29) is 53.0 Å². The Morgan fingerprint density at radius 2 is 1.85 bits per heavy atom. The third kappa shape index (κ3) is 6.64. The number of thiazole rings is 1. The Morgan fingerprint density at radius 1 is 1.00 bits per heavy atom. The maximum Gasteiger partial charge on any atom is 0.335 e. The number of carboxylic acid groups (broad SMARTS) is 1. The van der Waals surface area contributed by atoms with Gasteiger partial charge in [-0.25, -0.2) is 27.9 Å². The molecule has 8 nitrogen and oxygen atoms in total. The Balaban J connectivity index is 1.09. The van der Waals surface area contributed by atoms with Crippen LogP contribution in [0.4, 0.5) is 13.2 Å². The highest BCUT2D eigenvalue weighted by atomic mass is 32.1. The van der Waals surface area contributed by atoms with E-state index in [1.54, 1.807) is 42.0 Å². The van der Waals surface area contributed by atoms with E-state index in [0.29, 0.717) is 35.6 Å². The zero-order chi connectivity index (χ0) is 33.2. The highest BCUT2D eigenvalue weighted by molar-refractivity contribution is 7.10. The molecule has 3 aromatic carbocycles. The van der Waals surface area contributed by atoms with Crippen LogP contribution in [0.3, 0.4) is 0 Å². The lowest BCUT2D eigenvalue weighted by Crippen LogP contribution is -2.31. The minimum Gasteiger partial charge on any atom is -0.478 e. The topological polar surface area (TPSA) is 99.4 Å². The van der Waals surface area contributed by atoms with Crippen LogP contribution in [0, 0.1) is 29.3 Å². The SMILES string of the molecule is O=C(O)c1ccc2nc(Cc3cc(F)c(-c4cccc(OCc5ccc(C#Cc6cncs6)cc5F)n4)cc3F)n(CC3CCO3)c2c1. The molecule has 12 heteroatoms. The van der Waals surface area contributed by atoms with Gasteiger partial charge in [0.15, 0.2) is 0 Å². The average Bonchev–Trinajstić information content (AvgIpc) is 3.70. The second-order valence-corrected chi connectivity index (χ2v) is 12.0. The molecule has 0 saturated carbocycles. The Kier molecular flexibility index (Phi) is 8.63. The van der Waals surface area contributed by atoms with E-state index in [4.69, 9.17) is 9.47 Å². The lowest BCUT2D eigenvalue weighted by molar-refractivity contribution is -0.0589. The number of ether oxygens (including phenoxy) is 2. The number of rotatable bonds is 9. The lowest BCUT2D eigenvalue weighted by Gasteiger charge is -2.27. The van der Waals surface area contributed by atoms with Crippen LogP contribution in [0.1, 0.15) is 44.2 Å². The van der Waals surface area contributed by atoms with Crippen molar-refractivity contribution < 1.29 is 32.5 Å². The smallest absolute Gasteiger partial charge is 0.335 e. The van der Waals surface area contributed by atoms with Gasteiger partial charge in [-0.2, -0.15) is 0 Å². The van der Waals surface area contributed by atoms with Crippen LogP contribution in [0.2, 0.25) is 0 Å². The summed E-state index contributed by atoms with van der Waals surface area (Å²) in [6, 6.07) is 16.0. The molecule has 7 rings (SSSR count). The molecular weight excluding hydrogens is 641 g/mol. The van der Waals surface area contributed by atoms with Gasteiger partial charge in [-0.1, -0.05) is 18.1 Å². The van der Waals surface area contributed by atoms with Gasteiger partial charge in [0.2, 0.25) is 5.88 Å². The number of carbonyl (C=O) groups is 1. The van der Waals surface area contributed by atoms with Gasteiger partial charge in [-0.3, -0.25) is 4.98 Å². The quantitative estimate of drug-likeness (QED) is 0.166. The highest BCUT2D eigenvalue weighted by Gasteiger charge is 2.24. The molecule has 1 aliphatic rings. The number of nitrogens with zero attached hydrogens (tertiary/aromatic N) is 4. The number of imidazole rings is 1. The van der Waals surface area contributed by atoms with Crippen LogP contribution in [0.15, 0.2) is 78.4 Å². The standard InChI is InChI=1S/C36H25F3N4O4S/c37-28-12-21(5-8-26-17-40-20-48-26)4-6-23(28)19-47-35-3-1-2-31(42-35)27-16-29(38)24(13-30(27)39)15-34-41-32-9-7-22(36(44)45)14-33(32)43(34)18-25-10-11-46-25/h1-4,6-7,9,12-14,16-17,20,25H,10-11,15,18-19H2,(H,44,45). The van der Waals surface area contributed by atoms with Crippen LogP contribution < -0.4 is 4.74 Å². The predicted octanol–water partition coefficient (Wildman–Crippen LogP) is 7.03. The molecule has 240 valence electrons. The van der Waals surface area contributed by atoms with Gasteiger partial charge < -0.3 is 19.1 Å². The number of aromatic carboxylic acids is 1.